The fraction of sp³-hybridized carbons (Fsp3) is 0.692. The lowest BCUT2D eigenvalue weighted by molar-refractivity contribution is -0.139. The number of carboxylic acids is 1. The van der Waals surface area contributed by atoms with Gasteiger partial charge in [-0.2, -0.15) is 0 Å². The molecule has 1 saturated carbocycles. The normalized spacial score (nSPS) is 24.1. The number of fused-ring (bicyclic) bond motifs is 2. The van der Waals surface area contributed by atoms with Crippen LogP contribution in [0.2, 0.25) is 0 Å². The van der Waals surface area contributed by atoms with Gasteiger partial charge >= 0.3 is 12.1 Å². The van der Waals surface area contributed by atoms with Gasteiger partial charge in [-0.15, -0.1) is 0 Å². The fourth-order valence-electron chi connectivity index (χ4n) is 5.64. The van der Waals surface area contributed by atoms with Gasteiger partial charge in [0.15, 0.2) is 6.61 Å². The zero-order valence-corrected chi connectivity index (χ0v) is 20.0. The minimum absolute atomic E-state index is 0.0802. The molecule has 0 aromatic heterocycles. The van der Waals surface area contributed by atoms with Crippen molar-refractivity contribution < 1.29 is 39.1 Å². The smallest absolute Gasteiger partial charge is 0.482 e. The van der Waals surface area contributed by atoms with Gasteiger partial charge in [0, 0.05) is 0 Å². The van der Waals surface area contributed by atoms with Crippen LogP contribution in [0, 0.1) is 17.8 Å². The summed E-state index contributed by atoms with van der Waals surface area (Å²) in [6.07, 6.45) is 6.15. The number of aliphatic hydroxyl groups excluding tert-OH is 2. The molecule has 3 N–H and O–H groups in total. The van der Waals surface area contributed by atoms with E-state index in [9.17, 15) is 14.7 Å². The first-order valence-electron chi connectivity index (χ1n) is 12.5. The maximum absolute atomic E-state index is 11.9. The largest absolute Gasteiger partial charge is 0.508 e. The van der Waals surface area contributed by atoms with Gasteiger partial charge in [-0.1, -0.05) is 31.9 Å². The van der Waals surface area contributed by atoms with Crippen molar-refractivity contribution >= 4 is 12.1 Å². The molecular weight excluding hydrogens is 440 g/mol. The van der Waals surface area contributed by atoms with Crippen molar-refractivity contribution in [3.8, 4) is 5.75 Å². The average molecular weight is 479 g/mol. The van der Waals surface area contributed by atoms with Crippen LogP contribution in [0.5, 0.6) is 5.75 Å². The highest BCUT2D eigenvalue weighted by molar-refractivity contribution is 5.68. The monoisotopic (exact) mass is 478 g/mol. The number of hydrogen-bond donors (Lipinski definition) is 3. The summed E-state index contributed by atoms with van der Waals surface area (Å²) in [7, 11) is 0. The Morgan fingerprint density at radius 1 is 1.18 bits per heavy atom. The van der Waals surface area contributed by atoms with E-state index in [4.69, 9.17) is 24.4 Å². The van der Waals surface area contributed by atoms with Gasteiger partial charge in [0.2, 0.25) is 0 Å². The summed E-state index contributed by atoms with van der Waals surface area (Å²) in [5.41, 5.74) is 2.22. The van der Waals surface area contributed by atoms with E-state index in [0.717, 1.165) is 56.1 Å². The molecule has 5 atom stereocenters. The highest BCUT2D eigenvalue weighted by Gasteiger charge is 2.45. The van der Waals surface area contributed by atoms with Gasteiger partial charge in [-0.25, -0.2) is 9.59 Å². The molecule has 0 unspecified atom stereocenters. The number of aliphatic carboxylic acids is 1. The lowest BCUT2D eigenvalue weighted by atomic mass is 9.73. The molecule has 0 saturated heterocycles. The van der Waals surface area contributed by atoms with E-state index in [-0.39, 0.29) is 31.8 Å². The van der Waals surface area contributed by atoms with Crippen molar-refractivity contribution in [2.45, 2.75) is 76.9 Å². The van der Waals surface area contributed by atoms with Gasteiger partial charge in [0.25, 0.3) is 0 Å². The predicted octanol–water partition coefficient (Wildman–Crippen LogP) is 3.74. The summed E-state index contributed by atoms with van der Waals surface area (Å²) in [6.45, 7) is 1.44. The quantitative estimate of drug-likeness (QED) is 0.289. The van der Waals surface area contributed by atoms with Crippen LogP contribution in [-0.4, -0.2) is 59.5 Å². The molecule has 0 heterocycles. The zero-order valence-electron chi connectivity index (χ0n) is 20.0. The van der Waals surface area contributed by atoms with E-state index in [1.165, 1.54) is 0 Å². The van der Waals surface area contributed by atoms with Gasteiger partial charge in [-0.3, -0.25) is 0 Å². The van der Waals surface area contributed by atoms with Crippen molar-refractivity contribution in [1.29, 1.82) is 0 Å². The summed E-state index contributed by atoms with van der Waals surface area (Å²) >= 11 is 0. The average Bonchev–Trinajstić information content (AvgIpc) is 3.12. The number of carbonyl (C=O) groups is 2. The van der Waals surface area contributed by atoms with Crippen molar-refractivity contribution in [1.82, 2.24) is 0 Å². The first-order valence-corrected chi connectivity index (χ1v) is 12.5. The highest BCUT2D eigenvalue weighted by Crippen LogP contribution is 2.48. The van der Waals surface area contributed by atoms with E-state index in [1.54, 1.807) is 0 Å². The van der Waals surface area contributed by atoms with E-state index in [2.05, 4.69) is 13.0 Å². The highest BCUT2D eigenvalue weighted by atomic mass is 16.7. The van der Waals surface area contributed by atoms with E-state index in [1.807, 2.05) is 12.1 Å². The Labute approximate surface area is 201 Å². The molecule has 0 radical (unpaired) electrons. The molecular formula is C26H38O8. The van der Waals surface area contributed by atoms with Crippen LogP contribution in [0.25, 0.3) is 0 Å². The number of aliphatic hydroxyl groups is 2. The number of rotatable bonds is 13. The van der Waals surface area contributed by atoms with Gasteiger partial charge in [0.1, 0.15) is 18.5 Å². The van der Waals surface area contributed by atoms with Crippen LogP contribution in [0.3, 0.4) is 0 Å². The van der Waals surface area contributed by atoms with Crippen molar-refractivity contribution in [3.05, 3.63) is 29.3 Å². The number of unbranched alkanes of at least 4 members (excludes halogenated alkanes) is 2. The summed E-state index contributed by atoms with van der Waals surface area (Å²) in [5.74, 6) is 0.388. The third-order valence-electron chi connectivity index (χ3n) is 7.22. The third kappa shape index (κ3) is 7.09. The first kappa shape index (κ1) is 26.3. The molecule has 34 heavy (non-hydrogen) atoms. The number of ether oxygens (including phenoxy) is 3. The molecule has 8 heteroatoms. The molecule has 1 aromatic rings. The molecule has 1 aromatic carbocycles. The number of carbonyl (C=O) groups excluding carboxylic acids is 1. The maximum atomic E-state index is 11.9. The molecule has 0 bridgehead atoms. The van der Waals surface area contributed by atoms with Crippen molar-refractivity contribution in [2.24, 2.45) is 17.8 Å². The summed E-state index contributed by atoms with van der Waals surface area (Å²) < 4.78 is 15.9. The van der Waals surface area contributed by atoms with Crippen LogP contribution < -0.4 is 4.74 Å². The fourth-order valence-corrected chi connectivity index (χ4v) is 5.64. The second-order valence-electron chi connectivity index (χ2n) is 9.51. The second kappa shape index (κ2) is 13.0. The lowest BCUT2D eigenvalue weighted by Gasteiger charge is -2.32. The Kier molecular flexibility index (Phi) is 10.0. The van der Waals surface area contributed by atoms with Crippen LogP contribution in [0.4, 0.5) is 4.79 Å². The van der Waals surface area contributed by atoms with Gasteiger partial charge in [0.05, 0.1) is 12.7 Å². The Morgan fingerprint density at radius 2 is 2.00 bits per heavy atom. The summed E-state index contributed by atoms with van der Waals surface area (Å²) in [4.78, 5) is 22.9. The van der Waals surface area contributed by atoms with E-state index in [0.29, 0.717) is 30.4 Å². The topological polar surface area (TPSA) is 123 Å². The van der Waals surface area contributed by atoms with Crippen LogP contribution in [0.1, 0.15) is 63.0 Å². The molecule has 2 aliphatic rings. The Balaban J connectivity index is 1.63. The lowest BCUT2D eigenvalue weighted by Crippen LogP contribution is -2.29. The second-order valence-corrected chi connectivity index (χ2v) is 9.51. The predicted molar refractivity (Wildman–Crippen MR) is 125 cm³/mol. The van der Waals surface area contributed by atoms with Crippen LogP contribution in [0.15, 0.2) is 18.2 Å². The van der Waals surface area contributed by atoms with Gasteiger partial charge < -0.3 is 29.5 Å². The molecule has 190 valence electrons. The Bertz CT molecular complexity index is 810. The van der Waals surface area contributed by atoms with Crippen molar-refractivity contribution in [3.63, 3.8) is 0 Å². The number of carboxylic acid groups (broad SMARTS) is 1. The number of hydrogen-bond acceptors (Lipinski definition) is 7. The third-order valence-corrected chi connectivity index (χ3v) is 7.22. The summed E-state index contributed by atoms with van der Waals surface area (Å²) in [5, 5.41) is 28.7. The summed E-state index contributed by atoms with van der Waals surface area (Å²) in [6, 6.07) is 5.78. The molecule has 3 rings (SSSR count). The SMILES string of the molecule is CCCCC[C@@H](CC[C@@H]1[C@H]2Cc3cccc(OCC(=O)O)c3C[C@H]2C[C@H]1O)OC(=O)OCCO. The molecule has 8 nitrogen and oxygen atoms in total. The Hall–Kier alpha value is -2.32. The maximum Gasteiger partial charge on any atom is 0.508 e. The standard InChI is InChI=1S/C26H38O8/c1-2-3-4-7-19(34-26(31)32-12-11-27)9-10-20-21-13-17-6-5-8-24(33-16-25(29)30)22(17)14-18(21)15-23(20)28/h5-6,8,18-21,23,27-28H,2-4,7,9-16H2,1H3,(H,29,30)/t18-,19-,20+,21-,23+/m0/s1. The van der Waals surface area contributed by atoms with E-state index < -0.39 is 18.2 Å². The minimum atomic E-state index is -1.00. The zero-order chi connectivity index (χ0) is 24.5. The molecule has 0 aliphatic heterocycles. The minimum Gasteiger partial charge on any atom is -0.482 e. The molecule has 2 aliphatic carbocycles. The van der Waals surface area contributed by atoms with Crippen LogP contribution in [-0.2, 0) is 27.1 Å². The Morgan fingerprint density at radius 3 is 2.74 bits per heavy atom. The number of benzene rings is 1. The molecule has 0 spiro atoms. The van der Waals surface area contributed by atoms with Crippen LogP contribution >= 0.6 is 0 Å². The molecule has 1 fully saturated rings. The van der Waals surface area contributed by atoms with Gasteiger partial charge in [-0.05, 0) is 79.9 Å². The first-order chi connectivity index (χ1) is 16.4. The van der Waals surface area contributed by atoms with Crippen molar-refractivity contribution in [2.75, 3.05) is 19.8 Å². The van der Waals surface area contributed by atoms with E-state index >= 15 is 0 Å². The molecule has 0 amide bonds.